The Balaban J connectivity index is 2.47. The number of nitrogens with zero attached hydrogens (tertiary/aromatic N) is 2. The quantitative estimate of drug-likeness (QED) is 0.613. The molecule has 0 radical (unpaired) electrons. The van der Waals surface area contributed by atoms with E-state index >= 15 is 0 Å². The smallest absolute Gasteiger partial charge is 0.337 e. The average Bonchev–Trinajstić information content (AvgIpc) is 3.11. The van der Waals surface area contributed by atoms with Gasteiger partial charge in [-0.25, -0.2) is 9.59 Å². The third kappa shape index (κ3) is 3.89. The van der Waals surface area contributed by atoms with Crippen LogP contribution in [0.5, 0.6) is 0 Å². The zero-order valence-corrected chi connectivity index (χ0v) is 10.2. The normalized spacial score (nSPS) is 17.4. The minimum absolute atomic E-state index is 0.133. The summed E-state index contributed by atoms with van der Waals surface area (Å²) in [5.74, 6) is -1.39. The maximum Gasteiger partial charge on any atom is 0.337 e. The van der Waals surface area contributed by atoms with Gasteiger partial charge in [-0.05, 0) is 19.8 Å². The van der Waals surface area contributed by atoms with Crippen molar-refractivity contribution in [1.82, 2.24) is 10.2 Å². The number of carbonyl (C=O) groups excluding carboxylic acids is 1. The van der Waals surface area contributed by atoms with Gasteiger partial charge in [0.25, 0.3) is 0 Å². The third-order valence-corrected chi connectivity index (χ3v) is 2.76. The van der Waals surface area contributed by atoms with Crippen LogP contribution in [0.4, 0.5) is 4.79 Å². The molecular formula is C11H17N3O4. The van der Waals surface area contributed by atoms with Crippen molar-refractivity contribution in [3.63, 3.8) is 0 Å². The van der Waals surface area contributed by atoms with Gasteiger partial charge in [0.05, 0.1) is 19.0 Å². The molecule has 7 heteroatoms. The van der Waals surface area contributed by atoms with Gasteiger partial charge in [0, 0.05) is 12.6 Å². The predicted molar refractivity (Wildman–Crippen MR) is 61.6 cm³/mol. The van der Waals surface area contributed by atoms with Gasteiger partial charge in [-0.15, -0.1) is 0 Å². The van der Waals surface area contributed by atoms with Gasteiger partial charge in [0.2, 0.25) is 0 Å². The monoisotopic (exact) mass is 255 g/mol. The summed E-state index contributed by atoms with van der Waals surface area (Å²) in [6.45, 7) is 1.07. The molecule has 0 spiro atoms. The van der Waals surface area contributed by atoms with Crippen LogP contribution < -0.4 is 5.32 Å². The van der Waals surface area contributed by atoms with Crippen molar-refractivity contribution >= 4 is 12.0 Å². The molecule has 7 nitrogen and oxygen atoms in total. The fourth-order valence-electron chi connectivity index (χ4n) is 1.43. The molecule has 0 aromatic rings. The van der Waals surface area contributed by atoms with E-state index in [1.54, 1.807) is 0 Å². The van der Waals surface area contributed by atoms with Crippen LogP contribution in [0.1, 0.15) is 26.2 Å². The van der Waals surface area contributed by atoms with Crippen LogP contribution in [0, 0.1) is 11.3 Å². The summed E-state index contributed by atoms with van der Waals surface area (Å²) in [4.78, 5) is 24.0. The second-order valence-corrected chi connectivity index (χ2v) is 4.57. The molecule has 3 N–H and O–H groups in total. The van der Waals surface area contributed by atoms with Gasteiger partial charge in [-0.1, -0.05) is 0 Å². The van der Waals surface area contributed by atoms with Gasteiger partial charge in [0.1, 0.15) is 0 Å². The SMILES string of the molecule is CC(O)(CNC(=O)N(CCC#N)C1CC1)C(=O)O. The molecule has 1 aliphatic rings. The van der Waals surface area contributed by atoms with Crippen molar-refractivity contribution in [3.05, 3.63) is 0 Å². The molecule has 1 atom stereocenters. The zero-order chi connectivity index (χ0) is 13.8. The van der Waals surface area contributed by atoms with Crippen molar-refractivity contribution in [2.45, 2.75) is 37.8 Å². The second kappa shape index (κ2) is 5.69. The number of carboxylic acid groups (broad SMARTS) is 1. The van der Waals surface area contributed by atoms with E-state index < -0.39 is 17.6 Å². The van der Waals surface area contributed by atoms with Crippen LogP contribution in [0.3, 0.4) is 0 Å². The summed E-state index contributed by atoms with van der Waals surface area (Å²) in [5, 5.41) is 29.1. The average molecular weight is 255 g/mol. The molecule has 0 aromatic heterocycles. The fraction of sp³-hybridized carbons (Fsp3) is 0.727. The number of nitriles is 1. The van der Waals surface area contributed by atoms with Crippen molar-refractivity contribution in [1.29, 1.82) is 5.26 Å². The lowest BCUT2D eigenvalue weighted by Gasteiger charge is -2.24. The molecular weight excluding hydrogens is 238 g/mol. The minimum atomic E-state index is -1.99. The van der Waals surface area contributed by atoms with Crippen molar-refractivity contribution in [2.75, 3.05) is 13.1 Å². The van der Waals surface area contributed by atoms with Gasteiger partial charge >= 0.3 is 12.0 Å². The highest BCUT2D eigenvalue weighted by Crippen LogP contribution is 2.26. The first kappa shape index (κ1) is 14.3. The van der Waals surface area contributed by atoms with E-state index in [1.165, 1.54) is 4.90 Å². The fourth-order valence-corrected chi connectivity index (χ4v) is 1.43. The zero-order valence-electron chi connectivity index (χ0n) is 10.2. The highest BCUT2D eigenvalue weighted by atomic mass is 16.4. The van der Waals surface area contributed by atoms with Gasteiger partial charge in [0.15, 0.2) is 5.60 Å². The van der Waals surface area contributed by atoms with Crippen molar-refractivity contribution < 1.29 is 19.8 Å². The molecule has 1 rings (SSSR count). The number of urea groups is 1. The van der Waals surface area contributed by atoms with Gasteiger partial charge in [-0.2, -0.15) is 5.26 Å². The number of aliphatic hydroxyl groups is 1. The van der Waals surface area contributed by atoms with Gasteiger partial charge in [-0.3, -0.25) is 0 Å². The number of amides is 2. The van der Waals surface area contributed by atoms with Crippen LogP contribution in [-0.4, -0.2) is 51.8 Å². The van der Waals surface area contributed by atoms with E-state index in [0.29, 0.717) is 6.54 Å². The first-order valence-electron chi connectivity index (χ1n) is 5.75. The Morgan fingerprint density at radius 3 is 2.61 bits per heavy atom. The second-order valence-electron chi connectivity index (χ2n) is 4.57. The highest BCUT2D eigenvalue weighted by Gasteiger charge is 2.35. The Hall–Kier alpha value is -1.81. The van der Waals surface area contributed by atoms with Gasteiger partial charge < -0.3 is 20.4 Å². The Morgan fingerprint density at radius 2 is 2.17 bits per heavy atom. The van der Waals surface area contributed by atoms with E-state index in [0.717, 1.165) is 19.8 Å². The van der Waals surface area contributed by atoms with E-state index in [-0.39, 0.29) is 19.0 Å². The molecule has 1 saturated carbocycles. The molecule has 0 heterocycles. The van der Waals surface area contributed by atoms with Crippen LogP contribution >= 0.6 is 0 Å². The molecule has 1 fully saturated rings. The number of hydrogen-bond acceptors (Lipinski definition) is 4. The van der Waals surface area contributed by atoms with E-state index in [9.17, 15) is 14.7 Å². The Morgan fingerprint density at radius 1 is 1.56 bits per heavy atom. The number of carboxylic acids is 1. The van der Waals surface area contributed by atoms with Crippen LogP contribution in [0.15, 0.2) is 0 Å². The topological polar surface area (TPSA) is 114 Å². The Kier molecular flexibility index (Phi) is 4.50. The highest BCUT2D eigenvalue weighted by molar-refractivity contribution is 5.79. The first-order chi connectivity index (χ1) is 8.38. The number of nitrogens with one attached hydrogen (secondary N) is 1. The molecule has 1 aliphatic carbocycles. The molecule has 0 bridgehead atoms. The number of rotatable bonds is 6. The lowest BCUT2D eigenvalue weighted by atomic mass is 10.1. The summed E-state index contributed by atoms with van der Waals surface area (Å²) < 4.78 is 0. The van der Waals surface area contributed by atoms with E-state index in [1.807, 2.05) is 6.07 Å². The number of hydrogen-bond donors (Lipinski definition) is 3. The maximum absolute atomic E-state index is 11.8. The van der Waals surface area contributed by atoms with Crippen LogP contribution in [-0.2, 0) is 4.79 Å². The first-order valence-corrected chi connectivity index (χ1v) is 5.75. The third-order valence-electron chi connectivity index (χ3n) is 2.76. The number of aliphatic carboxylic acids is 1. The Labute approximate surface area is 105 Å². The molecule has 100 valence electrons. The molecule has 18 heavy (non-hydrogen) atoms. The number of carbonyl (C=O) groups is 2. The summed E-state index contributed by atoms with van der Waals surface area (Å²) in [5.41, 5.74) is -1.99. The molecule has 2 amide bonds. The standard InChI is InChI=1S/C11H17N3O4/c1-11(18,9(15)16)7-13-10(17)14(6-2-5-12)8-3-4-8/h8,18H,2-4,6-7H2,1H3,(H,13,17)(H,15,16). The lowest BCUT2D eigenvalue weighted by Crippen LogP contribution is -2.50. The minimum Gasteiger partial charge on any atom is -0.479 e. The Bertz CT molecular complexity index is 371. The van der Waals surface area contributed by atoms with E-state index in [2.05, 4.69) is 5.32 Å². The van der Waals surface area contributed by atoms with Crippen LogP contribution in [0.25, 0.3) is 0 Å². The lowest BCUT2D eigenvalue weighted by molar-refractivity contribution is -0.155. The maximum atomic E-state index is 11.8. The molecule has 0 saturated heterocycles. The summed E-state index contributed by atoms with van der Waals surface area (Å²) in [6.07, 6.45) is 2.03. The summed E-state index contributed by atoms with van der Waals surface area (Å²) >= 11 is 0. The molecule has 0 aromatic carbocycles. The van der Waals surface area contributed by atoms with Crippen molar-refractivity contribution in [2.24, 2.45) is 0 Å². The van der Waals surface area contributed by atoms with E-state index in [4.69, 9.17) is 10.4 Å². The molecule has 0 aliphatic heterocycles. The largest absolute Gasteiger partial charge is 0.479 e. The predicted octanol–water partition coefficient (Wildman–Crippen LogP) is -0.0903. The summed E-state index contributed by atoms with van der Waals surface area (Å²) in [6, 6.07) is 1.66. The van der Waals surface area contributed by atoms with Crippen molar-refractivity contribution in [3.8, 4) is 6.07 Å². The molecule has 1 unspecified atom stereocenters. The van der Waals surface area contributed by atoms with Crippen LogP contribution in [0.2, 0.25) is 0 Å². The summed E-state index contributed by atoms with van der Waals surface area (Å²) in [7, 11) is 0.